The van der Waals surface area contributed by atoms with Gasteiger partial charge in [-0.1, -0.05) is 23.4 Å². The Morgan fingerprint density at radius 2 is 2.06 bits per heavy atom. The Morgan fingerprint density at radius 1 is 1.33 bits per heavy atom. The summed E-state index contributed by atoms with van der Waals surface area (Å²) in [5.41, 5.74) is 4.80. The first kappa shape index (κ1) is 25.6. The van der Waals surface area contributed by atoms with Crippen molar-refractivity contribution < 1.29 is 32.7 Å². The molecule has 1 aromatic carbocycles. The second-order valence-corrected chi connectivity index (χ2v) is 10.7. The van der Waals surface area contributed by atoms with Crippen LogP contribution in [-0.4, -0.2) is 83.6 Å². The highest BCUT2D eigenvalue weighted by Crippen LogP contribution is 2.34. The third-order valence-electron chi connectivity index (χ3n) is 5.17. The van der Waals surface area contributed by atoms with E-state index in [4.69, 9.17) is 22.2 Å². The zero-order valence-electron chi connectivity index (χ0n) is 18.3. The number of hydrogen-bond acceptors (Lipinski definition) is 11. The predicted octanol–water partition coefficient (Wildman–Crippen LogP) is 0.0125. The number of benzene rings is 1. The van der Waals surface area contributed by atoms with Crippen LogP contribution in [0, 0.1) is 0 Å². The van der Waals surface area contributed by atoms with Crippen molar-refractivity contribution in [2.24, 2.45) is 5.16 Å². The Labute approximate surface area is 213 Å². The molecular weight excluding hydrogens is 536 g/mol. The molecule has 4 rings (SSSR count). The van der Waals surface area contributed by atoms with Gasteiger partial charge in [0.2, 0.25) is 9.84 Å². The number of aromatic nitrogens is 1. The predicted molar refractivity (Wildman–Crippen MR) is 128 cm³/mol. The maximum Gasteiger partial charge on any atom is 0.355 e. The minimum atomic E-state index is -4.19. The summed E-state index contributed by atoms with van der Waals surface area (Å²) in [4.78, 5) is 46.6. The summed E-state index contributed by atoms with van der Waals surface area (Å²) in [5.74, 6) is -3.13. The normalized spacial score (nSPS) is 18.5. The molecule has 1 atom stereocenters. The number of anilines is 1. The quantitative estimate of drug-likeness (QED) is 0.165. The number of carbonyl (C=O) groups excluding carboxylic acids is 2. The lowest BCUT2D eigenvalue weighted by Crippen LogP contribution is -2.46. The Hall–Kier alpha value is -3.53. The zero-order chi connectivity index (χ0) is 26.0. The molecular formula is C20H19ClN6O7S2. The van der Waals surface area contributed by atoms with E-state index >= 15 is 0 Å². The summed E-state index contributed by atoms with van der Waals surface area (Å²) in [6, 6.07) is 6.12. The van der Waals surface area contributed by atoms with Gasteiger partial charge in [0, 0.05) is 11.9 Å². The van der Waals surface area contributed by atoms with Crippen LogP contribution in [0.4, 0.5) is 5.13 Å². The first-order valence-electron chi connectivity index (χ1n) is 10.3. The zero-order valence-corrected chi connectivity index (χ0v) is 20.7. The maximum absolute atomic E-state index is 13.1. The first-order valence-corrected chi connectivity index (χ1v) is 13.2. The smallest absolute Gasteiger partial charge is 0.355 e. The van der Waals surface area contributed by atoms with Gasteiger partial charge in [-0.25, -0.2) is 28.2 Å². The van der Waals surface area contributed by atoms with Gasteiger partial charge in [0.05, 0.1) is 22.2 Å². The molecule has 0 aliphatic carbocycles. The van der Waals surface area contributed by atoms with Gasteiger partial charge in [0.25, 0.3) is 11.8 Å². The number of carboxylic acid groups (broad SMARTS) is 1. The molecule has 1 fully saturated rings. The van der Waals surface area contributed by atoms with Gasteiger partial charge in [0.15, 0.2) is 16.5 Å². The molecule has 190 valence electrons. The van der Waals surface area contributed by atoms with Crippen molar-refractivity contribution in [3.05, 3.63) is 52.0 Å². The molecule has 2 amide bonds. The number of oxime groups is 1. The number of nitrogens with two attached hydrogens (primary N) is 1. The lowest BCUT2D eigenvalue weighted by Gasteiger charge is -2.18. The van der Waals surface area contributed by atoms with Gasteiger partial charge in [-0.15, -0.1) is 22.9 Å². The summed E-state index contributed by atoms with van der Waals surface area (Å²) < 4.78 is 26.2. The van der Waals surface area contributed by atoms with Crippen molar-refractivity contribution >= 4 is 61.4 Å². The SMILES string of the molecule is Nc1nc(/C(=N/OCCCl)C(=O)N[C@H]2CN3CC(S(=O)(=O)c4ccccc4)=C(C(=O)O)N3C2=O)cs1. The van der Waals surface area contributed by atoms with E-state index in [0.29, 0.717) is 0 Å². The van der Waals surface area contributed by atoms with E-state index in [-0.39, 0.29) is 47.0 Å². The van der Waals surface area contributed by atoms with Crippen LogP contribution in [0.15, 0.2) is 56.4 Å². The van der Waals surface area contributed by atoms with Gasteiger partial charge < -0.3 is 21.0 Å². The monoisotopic (exact) mass is 554 g/mol. The van der Waals surface area contributed by atoms with Crippen molar-refractivity contribution in [2.75, 3.05) is 31.3 Å². The third kappa shape index (κ3) is 4.77. The summed E-state index contributed by atoms with van der Waals surface area (Å²) in [6.45, 7) is -0.531. The highest BCUT2D eigenvalue weighted by atomic mass is 35.5. The van der Waals surface area contributed by atoms with Crippen molar-refractivity contribution in [1.29, 1.82) is 0 Å². The maximum atomic E-state index is 13.1. The number of amides is 2. The van der Waals surface area contributed by atoms with Crippen LogP contribution in [0.3, 0.4) is 0 Å². The van der Waals surface area contributed by atoms with E-state index in [2.05, 4.69) is 15.5 Å². The summed E-state index contributed by atoms with van der Waals surface area (Å²) in [5, 5.41) is 19.7. The number of alkyl halides is 1. The van der Waals surface area contributed by atoms with E-state index in [1.165, 1.54) is 34.7 Å². The molecule has 36 heavy (non-hydrogen) atoms. The van der Waals surface area contributed by atoms with E-state index in [1.807, 2.05) is 0 Å². The number of rotatable bonds is 9. The molecule has 1 aromatic heterocycles. The van der Waals surface area contributed by atoms with Crippen molar-refractivity contribution in [1.82, 2.24) is 20.3 Å². The average molecular weight is 555 g/mol. The topological polar surface area (TPSA) is 185 Å². The molecule has 0 radical (unpaired) electrons. The van der Waals surface area contributed by atoms with E-state index in [9.17, 15) is 27.9 Å². The summed E-state index contributed by atoms with van der Waals surface area (Å²) in [6.07, 6.45) is 0. The fourth-order valence-corrected chi connectivity index (χ4v) is 5.81. The Bertz CT molecular complexity index is 1380. The number of carbonyl (C=O) groups is 3. The molecule has 2 aromatic rings. The molecule has 3 heterocycles. The van der Waals surface area contributed by atoms with Crippen molar-refractivity contribution in [2.45, 2.75) is 10.9 Å². The number of aliphatic carboxylic acids is 1. The minimum absolute atomic E-state index is 0.00724. The Kier molecular flexibility index (Phi) is 7.26. The number of sulfone groups is 1. The van der Waals surface area contributed by atoms with Crippen LogP contribution in [-0.2, 0) is 29.1 Å². The van der Waals surface area contributed by atoms with Crippen molar-refractivity contribution in [3.8, 4) is 0 Å². The van der Waals surface area contributed by atoms with Crippen LogP contribution in [0.25, 0.3) is 0 Å². The molecule has 0 saturated carbocycles. The van der Waals surface area contributed by atoms with Gasteiger partial charge in [-0.05, 0) is 12.1 Å². The van der Waals surface area contributed by atoms with Crippen LogP contribution in [0.5, 0.6) is 0 Å². The van der Waals surface area contributed by atoms with Gasteiger partial charge in [-0.2, -0.15) is 0 Å². The second kappa shape index (κ2) is 10.2. The lowest BCUT2D eigenvalue weighted by atomic mass is 10.2. The van der Waals surface area contributed by atoms with Crippen molar-refractivity contribution in [3.63, 3.8) is 0 Å². The number of carboxylic acids is 1. The standard InChI is InChI=1S/C20H19ClN6O7S2/c21-6-7-34-25-15(13-10-35-20(22)24-13)17(28)23-12-8-26-9-14(16(19(30)31)27(26)18(12)29)36(32,33)11-4-2-1-3-5-11/h1-5,10,12H,6-9H2,(H2,22,24)(H,23,28)(H,30,31)/b25-15-/t12-/m0/s1. The fraction of sp³-hybridized carbons (Fsp3) is 0.250. The highest BCUT2D eigenvalue weighted by Gasteiger charge is 2.51. The first-order chi connectivity index (χ1) is 17.1. The number of nitrogens with one attached hydrogen (secondary N) is 1. The highest BCUT2D eigenvalue weighted by molar-refractivity contribution is 7.95. The molecule has 2 aliphatic rings. The number of halogens is 1. The Morgan fingerprint density at radius 3 is 2.67 bits per heavy atom. The molecule has 1 saturated heterocycles. The van der Waals surface area contributed by atoms with E-state index in [0.717, 1.165) is 16.3 Å². The number of fused-ring (bicyclic) bond motifs is 1. The van der Waals surface area contributed by atoms with E-state index < -0.39 is 44.3 Å². The average Bonchev–Trinajstić information content (AvgIpc) is 3.52. The van der Waals surface area contributed by atoms with Gasteiger partial charge in [0.1, 0.15) is 18.3 Å². The molecule has 0 bridgehead atoms. The van der Waals surface area contributed by atoms with Gasteiger partial charge >= 0.3 is 5.97 Å². The van der Waals surface area contributed by atoms with E-state index in [1.54, 1.807) is 6.07 Å². The number of hydrogen-bond donors (Lipinski definition) is 3. The largest absolute Gasteiger partial charge is 0.476 e. The minimum Gasteiger partial charge on any atom is -0.476 e. The number of nitrogen functional groups attached to an aromatic ring is 1. The summed E-state index contributed by atoms with van der Waals surface area (Å²) >= 11 is 6.63. The molecule has 0 unspecified atom stereocenters. The van der Waals surface area contributed by atoms with Crippen LogP contribution in [0.1, 0.15) is 5.69 Å². The fourth-order valence-electron chi connectivity index (χ4n) is 3.65. The summed E-state index contributed by atoms with van der Waals surface area (Å²) in [7, 11) is -4.19. The molecule has 0 spiro atoms. The molecule has 13 nitrogen and oxygen atoms in total. The second-order valence-electron chi connectivity index (χ2n) is 7.45. The van der Waals surface area contributed by atoms with Crippen LogP contribution < -0.4 is 11.1 Å². The number of thiazole rings is 1. The number of nitrogens with zero attached hydrogens (tertiary/aromatic N) is 4. The molecule has 4 N–H and O–H groups in total. The van der Waals surface area contributed by atoms with Crippen LogP contribution in [0.2, 0.25) is 0 Å². The Balaban J connectivity index is 1.59. The third-order valence-corrected chi connectivity index (χ3v) is 7.87. The van der Waals surface area contributed by atoms with Crippen LogP contribution >= 0.6 is 22.9 Å². The molecule has 16 heteroatoms. The molecule has 2 aliphatic heterocycles. The number of hydrazine groups is 1. The lowest BCUT2D eigenvalue weighted by molar-refractivity contribution is -0.143. The van der Waals surface area contributed by atoms with Gasteiger partial charge in [-0.3, -0.25) is 9.59 Å².